The number of amides is 1. The minimum Gasteiger partial charge on any atom is -0.369 e. The van der Waals surface area contributed by atoms with Crippen LogP contribution in [-0.4, -0.2) is 42.5 Å². The molecule has 0 rings (SSSR count). The molecule has 0 aliphatic rings. The third-order valence-electron chi connectivity index (χ3n) is 2.03. The molecule has 0 spiro atoms. The monoisotopic (exact) mass is 235 g/mol. The minimum atomic E-state index is 0.0396. The van der Waals surface area contributed by atoms with Crippen LogP contribution in [0, 0.1) is 0 Å². The van der Waals surface area contributed by atoms with Crippen molar-refractivity contribution in [2.24, 2.45) is 0 Å². The molecule has 0 aliphatic heterocycles. The van der Waals surface area contributed by atoms with Crippen LogP contribution < -0.4 is 0 Å². The average Bonchev–Trinajstić information content (AvgIpc) is 2.20. The Morgan fingerprint density at radius 1 is 1.40 bits per heavy atom. The third-order valence-corrected chi connectivity index (χ3v) is 2.20. The summed E-state index contributed by atoms with van der Waals surface area (Å²) in [6, 6.07) is 0. The quantitative estimate of drug-likeness (QED) is 0.604. The summed E-state index contributed by atoms with van der Waals surface area (Å²) in [4.78, 5) is 13.5. The fraction of sp³-hybridized carbons (Fsp3) is 0.909. The molecule has 0 aromatic carbocycles. The summed E-state index contributed by atoms with van der Waals surface area (Å²) in [5.41, 5.74) is 0. The fourth-order valence-corrected chi connectivity index (χ4v) is 1.35. The van der Waals surface area contributed by atoms with Crippen LogP contribution in [0.1, 0.15) is 33.6 Å². The van der Waals surface area contributed by atoms with Crippen molar-refractivity contribution in [1.82, 2.24) is 4.90 Å². The molecule has 0 unspecified atom stereocenters. The second kappa shape index (κ2) is 8.98. The van der Waals surface area contributed by atoms with Gasteiger partial charge in [0.25, 0.3) is 0 Å². The lowest BCUT2D eigenvalue weighted by atomic mass is 10.3. The first kappa shape index (κ1) is 14.7. The molecule has 0 aromatic heterocycles. The van der Waals surface area contributed by atoms with Crippen molar-refractivity contribution >= 4 is 17.5 Å². The number of hydrogen-bond donors (Lipinski definition) is 0. The van der Waals surface area contributed by atoms with Gasteiger partial charge in [-0.05, 0) is 20.3 Å². The number of unbranched alkanes of at least 4 members (excludes halogenated alkanes) is 1. The van der Waals surface area contributed by atoms with E-state index in [1.54, 1.807) is 4.90 Å². The van der Waals surface area contributed by atoms with Gasteiger partial charge in [0, 0.05) is 19.0 Å². The van der Waals surface area contributed by atoms with Gasteiger partial charge < -0.3 is 9.64 Å². The maximum atomic E-state index is 11.7. The summed E-state index contributed by atoms with van der Waals surface area (Å²) in [6.45, 7) is 7.51. The lowest BCUT2D eigenvalue weighted by Gasteiger charge is -2.21. The lowest BCUT2D eigenvalue weighted by Crippen LogP contribution is -2.36. The highest BCUT2D eigenvalue weighted by Crippen LogP contribution is 1.99. The van der Waals surface area contributed by atoms with E-state index in [0.717, 1.165) is 19.4 Å². The van der Waals surface area contributed by atoms with Crippen molar-refractivity contribution in [3.05, 3.63) is 0 Å². The molecule has 15 heavy (non-hydrogen) atoms. The molecule has 0 fully saturated rings. The molecule has 1 amide bonds. The van der Waals surface area contributed by atoms with E-state index in [1.807, 2.05) is 13.8 Å². The van der Waals surface area contributed by atoms with Gasteiger partial charge in [0.05, 0.1) is 6.10 Å². The van der Waals surface area contributed by atoms with Crippen LogP contribution in [0.3, 0.4) is 0 Å². The second-order valence-electron chi connectivity index (χ2n) is 3.78. The number of nitrogens with zero attached hydrogens (tertiary/aromatic N) is 1. The molecule has 90 valence electrons. The molecule has 0 saturated carbocycles. The van der Waals surface area contributed by atoms with Gasteiger partial charge in [-0.15, -0.1) is 11.6 Å². The number of carbonyl (C=O) groups excluding carboxylic acids is 1. The van der Waals surface area contributed by atoms with E-state index in [9.17, 15) is 4.79 Å². The smallest absolute Gasteiger partial charge is 0.248 e. The zero-order valence-corrected chi connectivity index (χ0v) is 10.7. The number of hydrogen-bond acceptors (Lipinski definition) is 2. The molecular formula is C11H22ClNO2. The van der Waals surface area contributed by atoms with Crippen molar-refractivity contribution in [1.29, 1.82) is 0 Å². The molecule has 0 bridgehead atoms. The van der Waals surface area contributed by atoms with E-state index >= 15 is 0 Å². The zero-order valence-electron chi connectivity index (χ0n) is 9.96. The maximum Gasteiger partial charge on any atom is 0.248 e. The minimum absolute atomic E-state index is 0.0396. The number of halogens is 1. The van der Waals surface area contributed by atoms with Gasteiger partial charge in [-0.2, -0.15) is 0 Å². The van der Waals surface area contributed by atoms with Crippen LogP contribution in [0.15, 0.2) is 0 Å². The number of alkyl halides is 1. The molecule has 3 nitrogen and oxygen atoms in total. The number of ether oxygens (including phenoxy) is 1. The summed E-state index contributed by atoms with van der Waals surface area (Å²) < 4.78 is 5.28. The van der Waals surface area contributed by atoms with Crippen molar-refractivity contribution in [2.75, 3.05) is 25.6 Å². The molecule has 0 aromatic rings. The Bertz CT molecular complexity index is 174. The van der Waals surface area contributed by atoms with E-state index in [1.165, 1.54) is 0 Å². The highest BCUT2D eigenvalue weighted by atomic mass is 35.5. The lowest BCUT2D eigenvalue weighted by molar-refractivity contribution is -0.137. The fourth-order valence-electron chi connectivity index (χ4n) is 1.14. The summed E-state index contributed by atoms with van der Waals surface area (Å²) in [5.74, 6) is 0.523. The predicted octanol–water partition coefficient (Wildman–Crippen LogP) is 2.28. The van der Waals surface area contributed by atoms with E-state index in [0.29, 0.717) is 12.4 Å². The van der Waals surface area contributed by atoms with Gasteiger partial charge in [0.1, 0.15) is 6.61 Å². The molecule has 0 N–H and O–H groups in total. The Labute approximate surface area is 97.7 Å². The predicted molar refractivity (Wildman–Crippen MR) is 63.3 cm³/mol. The standard InChI is InChI=1S/C11H22ClNO2/c1-4-5-7-13(8-6-12)11(14)9-15-10(2)3/h10H,4-9H2,1-3H3. The van der Waals surface area contributed by atoms with Gasteiger partial charge in [0.2, 0.25) is 5.91 Å². The molecular weight excluding hydrogens is 214 g/mol. The van der Waals surface area contributed by atoms with E-state index in [2.05, 4.69) is 6.92 Å². The highest BCUT2D eigenvalue weighted by Gasteiger charge is 2.12. The molecule has 4 heteroatoms. The van der Waals surface area contributed by atoms with E-state index < -0.39 is 0 Å². The third kappa shape index (κ3) is 7.63. The summed E-state index contributed by atoms with van der Waals surface area (Å²) in [5, 5.41) is 0. The Kier molecular flexibility index (Phi) is 8.82. The Morgan fingerprint density at radius 2 is 2.07 bits per heavy atom. The Morgan fingerprint density at radius 3 is 2.53 bits per heavy atom. The summed E-state index contributed by atoms with van der Waals surface area (Å²) in [7, 11) is 0. The summed E-state index contributed by atoms with van der Waals surface area (Å²) in [6.07, 6.45) is 2.19. The normalized spacial score (nSPS) is 10.7. The van der Waals surface area contributed by atoms with Gasteiger partial charge in [-0.1, -0.05) is 13.3 Å². The van der Waals surface area contributed by atoms with Gasteiger partial charge in [0.15, 0.2) is 0 Å². The van der Waals surface area contributed by atoms with E-state index in [-0.39, 0.29) is 18.6 Å². The van der Waals surface area contributed by atoms with Gasteiger partial charge in [-0.3, -0.25) is 4.79 Å². The van der Waals surface area contributed by atoms with Crippen LogP contribution in [0.4, 0.5) is 0 Å². The molecule has 0 heterocycles. The van der Waals surface area contributed by atoms with Crippen LogP contribution in [-0.2, 0) is 9.53 Å². The average molecular weight is 236 g/mol. The molecule has 0 radical (unpaired) electrons. The topological polar surface area (TPSA) is 29.5 Å². The largest absolute Gasteiger partial charge is 0.369 e. The number of carbonyl (C=O) groups is 1. The van der Waals surface area contributed by atoms with E-state index in [4.69, 9.17) is 16.3 Å². The van der Waals surface area contributed by atoms with Crippen molar-refractivity contribution in [2.45, 2.75) is 39.7 Å². The van der Waals surface area contributed by atoms with Crippen LogP contribution in [0.2, 0.25) is 0 Å². The SMILES string of the molecule is CCCCN(CCCl)C(=O)COC(C)C. The Hall–Kier alpha value is -0.280. The highest BCUT2D eigenvalue weighted by molar-refractivity contribution is 6.18. The molecule has 0 atom stereocenters. The number of rotatable bonds is 8. The van der Waals surface area contributed by atoms with Crippen molar-refractivity contribution in [3.8, 4) is 0 Å². The van der Waals surface area contributed by atoms with Crippen LogP contribution >= 0.6 is 11.6 Å². The second-order valence-corrected chi connectivity index (χ2v) is 4.16. The first-order valence-electron chi connectivity index (χ1n) is 5.57. The first-order valence-corrected chi connectivity index (χ1v) is 6.10. The Balaban J connectivity index is 3.92. The zero-order chi connectivity index (χ0) is 11.7. The molecule has 0 aliphatic carbocycles. The van der Waals surface area contributed by atoms with Gasteiger partial charge >= 0.3 is 0 Å². The summed E-state index contributed by atoms with van der Waals surface area (Å²) >= 11 is 5.65. The first-order chi connectivity index (χ1) is 7.11. The van der Waals surface area contributed by atoms with Crippen LogP contribution in [0.25, 0.3) is 0 Å². The molecule has 0 saturated heterocycles. The van der Waals surface area contributed by atoms with Crippen LogP contribution in [0.5, 0.6) is 0 Å². The van der Waals surface area contributed by atoms with Gasteiger partial charge in [-0.25, -0.2) is 0 Å². The van der Waals surface area contributed by atoms with Crippen molar-refractivity contribution < 1.29 is 9.53 Å². The van der Waals surface area contributed by atoms with Crippen molar-refractivity contribution in [3.63, 3.8) is 0 Å². The maximum absolute atomic E-state index is 11.7.